The number of esters is 1. The number of guanidine groups is 7. The van der Waals surface area contributed by atoms with Crippen LogP contribution in [0.1, 0.15) is 246 Å². The van der Waals surface area contributed by atoms with Crippen LogP contribution in [-0.2, 0) is 58.3 Å². The van der Waals surface area contributed by atoms with Crippen LogP contribution < -0.4 is 130 Å². The van der Waals surface area contributed by atoms with Crippen molar-refractivity contribution in [2.75, 3.05) is 103 Å². The van der Waals surface area contributed by atoms with Gasteiger partial charge in [0, 0.05) is 220 Å². The number of aromatic nitrogens is 2. The molecule has 0 radical (unpaired) electrons. The SMILES string of the molecule is Cc1nccc(-c2ccc(C(=O)NCCCCCC(=O)C[C@H](CCCNC(=N)N)C(=O)NCCCCCC(=O)C[C@H](CCCNC(=N)N)C(=O)N[C@H](CCCNC(=N)N)C(=O)C[C@H](CCCNC(=N)N)C(=O)N[C@H](CCCNC(=N)N)C(=O)C[C@H](CCCNC(=N)N)C(=O)N[C@H](CCCNC(=N)N)C(=O)C[C@H](CCCCNC(=O)c3ccc4c(c3)C(=O)OC43c4ccc(N(C)C)cc4Oc4cc(N(C)C)ccc43)C(N)=O)s2)n1. The molecule has 0 bridgehead atoms. The monoisotopic (exact) mass is 2070 g/mol. The lowest BCUT2D eigenvalue weighted by molar-refractivity contribution is -0.136. The molecule has 0 saturated carbocycles. The summed E-state index contributed by atoms with van der Waals surface area (Å²) in [6.07, 6.45) is 5.10. The number of nitrogens with zero attached hydrogens (tertiary/aromatic N) is 4. The molecule has 36 N–H and O–H groups in total. The highest BCUT2D eigenvalue weighted by Gasteiger charge is 2.54. The molecule has 2 aliphatic rings. The summed E-state index contributed by atoms with van der Waals surface area (Å²) in [4.78, 5) is 199. The van der Waals surface area contributed by atoms with Crippen LogP contribution in [0.25, 0.3) is 10.6 Å². The predicted octanol–water partition coefficient (Wildman–Crippen LogP) is 3.44. The molecular formula is C100H152N32O15S. The van der Waals surface area contributed by atoms with Gasteiger partial charge in [-0.2, -0.15) is 0 Å². The van der Waals surface area contributed by atoms with Crippen LogP contribution in [0.5, 0.6) is 11.5 Å². The lowest BCUT2D eigenvalue weighted by Crippen LogP contribution is -2.49. The van der Waals surface area contributed by atoms with Gasteiger partial charge in [-0.1, -0.05) is 25.3 Å². The summed E-state index contributed by atoms with van der Waals surface area (Å²) in [6, 6.07) is 17.4. The van der Waals surface area contributed by atoms with Gasteiger partial charge in [-0.15, -0.1) is 11.3 Å². The summed E-state index contributed by atoms with van der Waals surface area (Å²) in [6.45, 7) is 3.22. The van der Waals surface area contributed by atoms with Crippen molar-refractivity contribution in [1.82, 2.24) is 79.1 Å². The van der Waals surface area contributed by atoms with Crippen molar-refractivity contribution in [1.29, 1.82) is 37.9 Å². The molecule has 7 amide bonds. The van der Waals surface area contributed by atoms with Crippen LogP contribution in [0.4, 0.5) is 11.4 Å². The van der Waals surface area contributed by atoms with Crippen molar-refractivity contribution < 1.29 is 71.8 Å². The van der Waals surface area contributed by atoms with Crippen molar-refractivity contribution >= 4 is 141 Å². The van der Waals surface area contributed by atoms with Crippen LogP contribution in [0.3, 0.4) is 0 Å². The molecule has 4 heterocycles. The van der Waals surface area contributed by atoms with Crippen molar-refractivity contribution in [3.8, 4) is 22.1 Å². The zero-order chi connectivity index (χ0) is 109. The third-order valence-electron chi connectivity index (χ3n) is 25.5. The molecule has 808 valence electrons. The van der Waals surface area contributed by atoms with Gasteiger partial charge in [-0.25, -0.2) is 14.8 Å². The number of primary amides is 1. The van der Waals surface area contributed by atoms with Crippen LogP contribution in [-0.4, -0.2) is 240 Å². The van der Waals surface area contributed by atoms with Crippen LogP contribution in [0.2, 0.25) is 0 Å². The summed E-state index contributed by atoms with van der Waals surface area (Å²) in [5, 5.41) is 90.5. The maximum absolute atomic E-state index is 15.2. The summed E-state index contributed by atoms with van der Waals surface area (Å²) < 4.78 is 12.9. The van der Waals surface area contributed by atoms with Gasteiger partial charge in [-0.3, -0.25) is 95.4 Å². The van der Waals surface area contributed by atoms with Crippen LogP contribution >= 0.6 is 11.3 Å². The van der Waals surface area contributed by atoms with Crippen molar-refractivity contribution in [3.05, 3.63) is 118 Å². The first-order chi connectivity index (χ1) is 70.5. The van der Waals surface area contributed by atoms with E-state index in [0.29, 0.717) is 110 Å². The Morgan fingerprint density at radius 2 is 0.736 bits per heavy atom. The Labute approximate surface area is 866 Å². The summed E-state index contributed by atoms with van der Waals surface area (Å²) in [5.41, 5.74) is 48.4. The molecule has 148 heavy (non-hydrogen) atoms. The average molecular weight is 2070 g/mol. The number of nitrogens with one attached hydrogen (secondary N) is 20. The van der Waals surface area contributed by atoms with E-state index in [1.807, 2.05) is 80.5 Å². The Hall–Kier alpha value is -15.2. The number of Topliss-reactive ketones (excluding diaryl/α,β-unsaturated/α-hetero) is 5. The maximum atomic E-state index is 15.2. The molecule has 5 aromatic rings. The normalized spacial score (nSPS) is 13.5. The largest absolute Gasteiger partial charge is 0.456 e. The van der Waals surface area contributed by atoms with Gasteiger partial charge in [-0.05, 0) is 190 Å². The fraction of sp³-hybridized carbons (Fsp3) is 0.540. The molecule has 47 nitrogen and oxygen atoms in total. The number of anilines is 2. The number of hydrogen-bond donors (Lipinski definition) is 28. The topological polar surface area (TPSA) is 804 Å². The number of unbranched alkanes of at least 4 members (excludes halogenated alkanes) is 5. The minimum atomic E-state index is -1.42. The third kappa shape index (κ3) is 40.7. The molecule has 0 aliphatic carbocycles. The van der Waals surface area contributed by atoms with Gasteiger partial charge in [0.1, 0.15) is 28.9 Å². The number of fused-ring (bicyclic) bond motifs is 6. The van der Waals surface area contributed by atoms with E-state index in [2.05, 4.69) is 79.1 Å². The quantitative estimate of drug-likeness (QED) is 0.0115. The number of carbonyl (C=O) groups excluding carboxylic acids is 13. The Bertz CT molecular complexity index is 5400. The van der Waals surface area contributed by atoms with Gasteiger partial charge in [0.25, 0.3) is 11.8 Å². The van der Waals surface area contributed by atoms with E-state index in [1.165, 1.54) is 17.4 Å². The molecule has 3 aromatic carbocycles. The van der Waals surface area contributed by atoms with E-state index in [0.717, 1.165) is 21.9 Å². The van der Waals surface area contributed by atoms with Crippen molar-refractivity contribution in [3.63, 3.8) is 0 Å². The number of thiophene rings is 1. The molecule has 0 saturated heterocycles. The molecule has 8 atom stereocenters. The number of nitrogens with two attached hydrogens (primary N) is 8. The lowest BCUT2D eigenvalue weighted by Gasteiger charge is -2.37. The highest BCUT2D eigenvalue weighted by atomic mass is 32.1. The molecule has 2 aliphatic heterocycles. The van der Waals surface area contributed by atoms with Crippen LogP contribution in [0, 0.1) is 74.4 Å². The van der Waals surface area contributed by atoms with Gasteiger partial charge in [0.2, 0.25) is 29.5 Å². The highest BCUT2D eigenvalue weighted by molar-refractivity contribution is 7.17. The van der Waals surface area contributed by atoms with Gasteiger partial charge in [0.15, 0.2) is 64.7 Å². The molecule has 0 fully saturated rings. The van der Waals surface area contributed by atoms with E-state index < -0.39 is 143 Å². The van der Waals surface area contributed by atoms with E-state index in [1.54, 1.807) is 37.4 Å². The van der Waals surface area contributed by atoms with Gasteiger partial charge < -0.3 is 134 Å². The first-order valence-corrected chi connectivity index (χ1v) is 51.2. The third-order valence-corrected chi connectivity index (χ3v) is 26.6. The zero-order valence-corrected chi connectivity index (χ0v) is 86.2. The zero-order valence-electron chi connectivity index (χ0n) is 85.3. The second kappa shape index (κ2) is 62.0. The first kappa shape index (κ1) is 120. The number of benzene rings is 3. The number of hydrogen-bond acceptors (Lipinski definition) is 27. The van der Waals surface area contributed by atoms with E-state index >= 15 is 19.2 Å². The fourth-order valence-corrected chi connectivity index (χ4v) is 18.4. The second-order valence-electron chi connectivity index (χ2n) is 37.6. The number of ketones is 5. The van der Waals surface area contributed by atoms with Crippen molar-refractivity contribution in [2.24, 2.45) is 75.5 Å². The summed E-state index contributed by atoms with van der Waals surface area (Å²) in [7, 11) is 7.60. The Balaban J connectivity index is 1.000. The van der Waals surface area contributed by atoms with Crippen LogP contribution in [0.15, 0.2) is 79.0 Å². The lowest BCUT2D eigenvalue weighted by atomic mass is 9.77. The molecule has 1 spiro atoms. The molecular weight excluding hydrogens is 1920 g/mol. The smallest absolute Gasteiger partial charge is 0.340 e. The van der Waals surface area contributed by atoms with Crippen molar-refractivity contribution in [2.45, 2.75) is 223 Å². The van der Waals surface area contributed by atoms with Gasteiger partial charge in [0.05, 0.1) is 39.1 Å². The minimum Gasteiger partial charge on any atom is -0.456 e. The number of amides is 7. The van der Waals surface area contributed by atoms with Gasteiger partial charge >= 0.3 is 5.97 Å². The first-order valence-electron chi connectivity index (χ1n) is 50.3. The molecule has 0 unspecified atom stereocenters. The number of ether oxygens (including phenoxy) is 2. The Morgan fingerprint density at radius 3 is 1.14 bits per heavy atom. The standard InChI is InChI=1S/C100H152N32O15S/c1-59-116-50-39-77(127-59)83-37-38-84(148-83)91(144)119-41-12-7-9-26-68(133)51-61(22-14-43-120-93(102)103)86(139)117-40-11-6-8-27-69(134)52-62(23-15-44-121-94(104)105)88(141)128-75(29-19-48-125-98(112)113)79(136)55-64(25-17-46-123-96(108)109)90(143)130-76(30-20-49-126-99(114)115)80(137)56-63(24-16-45-122-95(106)107)89(142)129-74(28-18-47-124-97(110)111)78(135)54-60(85(101)138)21-10-13-42-118-87(140)65-31-34-71-70(53-65)92(145)147-100(71)72-35-32-66(131(2)3)57-81(72)146-82-58-67(132(4)5)33-36-73(82)100/h31-39,50,53,57-58,60-64,74-76H,6-30,40-49,51-52,54-56H2,1-5H3,(H2,101,138)(H,117,139)(H,118,140)(H,119,144)(H,128,141)(H,129,142)(H,130,143)(H4,102,103,120)(H4,104,105,121)(H4,106,107,122)(H4,108,109,123)(H4,110,111,124)(H4,112,113,125)(H4,114,115,126)/t60-,61-,62-,63-,64-,74+,75+,76+/m0/s1. The number of aryl methyl sites for hydroxylation is 1. The summed E-state index contributed by atoms with van der Waals surface area (Å²) in [5.74, 6) is -13.4. The molecule has 7 rings (SSSR count). The van der Waals surface area contributed by atoms with E-state index in [-0.39, 0.29) is 226 Å². The Kier molecular flexibility index (Phi) is 50.2. The predicted molar refractivity (Wildman–Crippen MR) is 567 cm³/mol. The molecule has 2 aromatic heterocycles. The highest BCUT2D eigenvalue weighted by Crippen LogP contribution is 2.57. The number of carbonyl (C=O) groups is 13. The summed E-state index contributed by atoms with van der Waals surface area (Å²) >= 11 is 1.33. The Morgan fingerprint density at radius 1 is 0.378 bits per heavy atom. The fourth-order valence-electron chi connectivity index (χ4n) is 17.5. The molecule has 48 heteroatoms. The maximum Gasteiger partial charge on any atom is 0.340 e. The second-order valence-corrected chi connectivity index (χ2v) is 38.7. The minimum absolute atomic E-state index is 0.0109. The average Bonchev–Trinajstić information content (AvgIpc) is 1.52. The number of rotatable bonds is 71. The van der Waals surface area contributed by atoms with E-state index in [9.17, 15) is 43.2 Å². The van der Waals surface area contributed by atoms with E-state index in [4.69, 9.17) is 93.2 Å².